The molecule has 2 nitrogen and oxygen atoms in total. The van der Waals surface area contributed by atoms with Crippen molar-refractivity contribution in [3.05, 3.63) is 63.6 Å². The summed E-state index contributed by atoms with van der Waals surface area (Å²) in [5.74, 6) is -0.243. The van der Waals surface area contributed by atoms with E-state index in [1.165, 1.54) is 12.1 Å². The molecule has 0 fully saturated rings. The summed E-state index contributed by atoms with van der Waals surface area (Å²) in [6.07, 6.45) is 2.18. The van der Waals surface area contributed by atoms with Crippen LogP contribution in [0.15, 0.2) is 36.5 Å². The molecular weight excluding hydrogens is 298 g/mol. The maximum Gasteiger partial charge on any atom is 0.123 e. The first-order valence-corrected chi connectivity index (χ1v) is 7.14. The number of rotatable bonds is 5. The number of hydrogen-bond acceptors (Lipinski definition) is 2. The second kappa shape index (κ2) is 7.02. The minimum absolute atomic E-state index is 0.0773. The Balaban J connectivity index is 2.26. The number of hydrogen-bond donors (Lipinski definition) is 1. The van der Waals surface area contributed by atoms with Crippen molar-refractivity contribution in [2.45, 2.75) is 19.4 Å². The molecule has 0 saturated heterocycles. The Kier molecular flexibility index (Phi) is 5.35. The molecule has 1 N–H and O–H groups in total. The van der Waals surface area contributed by atoms with Gasteiger partial charge in [0.25, 0.3) is 0 Å². The van der Waals surface area contributed by atoms with Crippen LogP contribution in [-0.2, 0) is 6.42 Å². The molecule has 1 aromatic heterocycles. The number of nitrogens with zero attached hydrogens (tertiary/aromatic N) is 1. The average molecular weight is 313 g/mol. The molecule has 0 bridgehead atoms. The lowest BCUT2D eigenvalue weighted by atomic mass is 10.0. The molecule has 1 unspecified atom stereocenters. The molecule has 106 valence electrons. The van der Waals surface area contributed by atoms with Crippen molar-refractivity contribution < 1.29 is 4.39 Å². The largest absolute Gasteiger partial charge is 0.309 e. The molecule has 20 heavy (non-hydrogen) atoms. The predicted octanol–water partition coefficient (Wildman–Crippen LogP) is 4.42. The molecule has 5 heteroatoms. The van der Waals surface area contributed by atoms with Gasteiger partial charge in [0, 0.05) is 6.20 Å². The highest BCUT2D eigenvalue weighted by Crippen LogP contribution is 2.26. The van der Waals surface area contributed by atoms with Crippen LogP contribution in [0.5, 0.6) is 0 Å². The number of halogens is 3. The summed E-state index contributed by atoms with van der Waals surface area (Å²) >= 11 is 12.1. The normalized spacial score (nSPS) is 12.4. The van der Waals surface area contributed by atoms with E-state index < -0.39 is 0 Å². The average Bonchev–Trinajstić information content (AvgIpc) is 2.38. The zero-order valence-corrected chi connectivity index (χ0v) is 12.5. The summed E-state index contributed by atoms with van der Waals surface area (Å²) in [5.41, 5.74) is 1.62. The van der Waals surface area contributed by atoms with Crippen LogP contribution in [-0.4, -0.2) is 11.5 Å². The van der Waals surface area contributed by atoms with Crippen LogP contribution in [0.1, 0.15) is 24.2 Å². The van der Waals surface area contributed by atoms with Crippen molar-refractivity contribution in [3.63, 3.8) is 0 Å². The number of pyridine rings is 1. The van der Waals surface area contributed by atoms with E-state index in [-0.39, 0.29) is 11.9 Å². The van der Waals surface area contributed by atoms with Gasteiger partial charge in [-0.05, 0) is 36.7 Å². The minimum Gasteiger partial charge on any atom is -0.309 e. The molecular formula is C15H15Cl2FN2. The van der Waals surface area contributed by atoms with Gasteiger partial charge in [-0.25, -0.2) is 4.39 Å². The fourth-order valence-corrected chi connectivity index (χ4v) is 2.60. The third-order valence-corrected chi connectivity index (χ3v) is 3.46. The second-order valence-corrected chi connectivity index (χ2v) is 5.31. The van der Waals surface area contributed by atoms with E-state index in [0.29, 0.717) is 16.5 Å². The summed E-state index contributed by atoms with van der Waals surface area (Å²) < 4.78 is 13.3. The van der Waals surface area contributed by atoms with Gasteiger partial charge in [-0.1, -0.05) is 42.3 Å². The smallest absolute Gasteiger partial charge is 0.123 e. The monoisotopic (exact) mass is 312 g/mol. The molecule has 1 heterocycles. The van der Waals surface area contributed by atoms with Crippen LogP contribution in [0.2, 0.25) is 10.0 Å². The van der Waals surface area contributed by atoms with Crippen LogP contribution in [0.3, 0.4) is 0 Å². The first kappa shape index (κ1) is 15.2. The summed E-state index contributed by atoms with van der Waals surface area (Å²) in [4.78, 5) is 4.30. The Hall–Kier alpha value is -1.16. The summed E-state index contributed by atoms with van der Waals surface area (Å²) in [7, 11) is 0. The third kappa shape index (κ3) is 3.92. The fraction of sp³-hybridized carbons (Fsp3) is 0.267. The Morgan fingerprint density at radius 2 is 2.10 bits per heavy atom. The van der Waals surface area contributed by atoms with Crippen LogP contribution in [0, 0.1) is 5.82 Å². The van der Waals surface area contributed by atoms with Crippen LogP contribution in [0.4, 0.5) is 4.39 Å². The topological polar surface area (TPSA) is 24.9 Å². The van der Waals surface area contributed by atoms with Crippen LogP contribution >= 0.6 is 23.2 Å². The Morgan fingerprint density at radius 1 is 1.30 bits per heavy atom. The van der Waals surface area contributed by atoms with E-state index >= 15 is 0 Å². The van der Waals surface area contributed by atoms with E-state index in [0.717, 1.165) is 17.8 Å². The number of nitrogens with one attached hydrogen (secondary N) is 1. The molecule has 2 aromatic rings. The molecule has 0 aliphatic carbocycles. The highest BCUT2D eigenvalue weighted by Gasteiger charge is 2.16. The van der Waals surface area contributed by atoms with Crippen molar-refractivity contribution in [2.75, 3.05) is 6.54 Å². The van der Waals surface area contributed by atoms with Gasteiger partial charge in [-0.3, -0.25) is 4.98 Å². The van der Waals surface area contributed by atoms with Gasteiger partial charge in [0.05, 0.1) is 21.8 Å². The molecule has 2 rings (SSSR count). The summed E-state index contributed by atoms with van der Waals surface area (Å²) in [5, 5.41) is 4.33. The lowest BCUT2D eigenvalue weighted by Gasteiger charge is -2.18. The van der Waals surface area contributed by atoms with Gasteiger partial charge >= 0.3 is 0 Å². The van der Waals surface area contributed by atoms with E-state index in [1.54, 1.807) is 18.3 Å². The van der Waals surface area contributed by atoms with Crippen molar-refractivity contribution in [1.29, 1.82) is 0 Å². The standard InChI is InChI=1S/C15H15Cl2FN2/c1-2-19-14(7-10-4-3-5-12(18)6-10)15-13(17)8-11(16)9-20-15/h3-6,8-9,14,19H,2,7H2,1H3. The van der Waals surface area contributed by atoms with E-state index in [9.17, 15) is 4.39 Å². The molecule has 0 aliphatic rings. The highest BCUT2D eigenvalue weighted by atomic mass is 35.5. The first-order valence-electron chi connectivity index (χ1n) is 6.39. The number of aromatic nitrogens is 1. The molecule has 0 spiro atoms. The van der Waals surface area contributed by atoms with E-state index in [2.05, 4.69) is 10.3 Å². The number of benzene rings is 1. The zero-order chi connectivity index (χ0) is 14.5. The van der Waals surface area contributed by atoms with E-state index in [1.807, 2.05) is 13.0 Å². The van der Waals surface area contributed by atoms with Gasteiger partial charge in [0.1, 0.15) is 5.82 Å². The first-order chi connectivity index (χ1) is 9.60. The SMILES string of the molecule is CCNC(Cc1cccc(F)c1)c1ncc(Cl)cc1Cl. The minimum atomic E-state index is -0.243. The lowest BCUT2D eigenvalue weighted by molar-refractivity contribution is 0.534. The fourth-order valence-electron chi connectivity index (χ4n) is 2.09. The molecule has 0 saturated carbocycles. The molecule has 0 aliphatic heterocycles. The van der Waals surface area contributed by atoms with E-state index in [4.69, 9.17) is 23.2 Å². The highest BCUT2D eigenvalue weighted by molar-refractivity contribution is 6.34. The van der Waals surface area contributed by atoms with Crippen LogP contribution in [0.25, 0.3) is 0 Å². The van der Waals surface area contributed by atoms with Gasteiger partial charge in [0.15, 0.2) is 0 Å². The zero-order valence-electron chi connectivity index (χ0n) is 11.0. The Morgan fingerprint density at radius 3 is 2.75 bits per heavy atom. The quantitative estimate of drug-likeness (QED) is 0.884. The predicted molar refractivity (Wildman–Crippen MR) is 80.8 cm³/mol. The summed E-state index contributed by atoms with van der Waals surface area (Å²) in [6, 6.07) is 8.13. The number of likely N-dealkylation sites (N-methyl/N-ethyl adjacent to an activating group) is 1. The van der Waals surface area contributed by atoms with Crippen molar-refractivity contribution in [1.82, 2.24) is 10.3 Å². The molecule has 0 amide bonds. The second-order valence-electron chi connectivity index (χ2n) is 4.46. The maximum atomic E-state index is 13.3. The third-order valence-electron chi connectivity index (χ3n) is 2.95. The maximum absolute atomic E-state index is 13.3. The Labute approximate surface area is 127 Å². The van der Waals surface area contributed by atoms with Gasteiger partial charge in [-0.15, -0.1) is 0 Å². The molecule has 1 atom stereocenters. The summed E-state index contributed by atoms with van der Waals surface area (Å²) in [6.45, 7) is 2.77. The Bertz CT molecular complexity index is 590. The van der Waals surface area contributed by atoms with Gasteiger partial charge in [0.2, 0.25) is 0 Å². The van der Waals surface area contributed by atoms with Crippen molar-refractivity contribution in [3.8, 4) is 0 Å². The lowest BCUT2D eigenvalue weighted by Crippen LogP contribution is -2.24. The molecule has 0 radical (unpaired) electrons. The van der Waals surface area contributed by atoms with Gasteiger partial charge < -0.3 is 5.32 Å². The van der Waals surface area contributed by atoms with Gasteiger partial charge in [-0.2, -0.15) is 0 Å². The van der Waals surface area contributed by atoms with Crippen molar-refractivity contribution in [2.24, 2.45) is 0 Å². The van der Waals surface area contributed by atoms with Crippen LogP contribution < -0.4 is 5.32 Å². The molecule has 1 aromatic carbocycles. The van der Waals surface area contributed by atoms with Crippen molar-refractivity contribution >= 4 is 23.2 Å².